The quantitative estimate of drug-likeness (QED) is 0.310. The predicted octanol–water partition coefficient (Wildman–Crippen LogP) is 1.79. The molecule has 146 valence electrons. The summed E-state index contributed by atoms with van der Waals surface area (Å²) in [6, 6.07) is 7.54. The molecule has 0 aromatic heterocycles. The fourth-order valence-corrected chi connectivity index (χ4v) is 2.56. The highest BCUT2D eigenvalue weighted by molar-refractivity contribution is 7.87. The Hall–Kier alpha value is -1.76. The van der Waals surface area contributed by atoms with Gasteiger partial charge < -0.3 is 14.2 Å². The van der Waals surface area contributed by atoms with E-state index in [0.717, 1.165) is 7.11 Å². The summed E-state index contributed by atoms with van der Waals surface area (Å²) in [6.45, 7) is -1.26. The lowest BCUT2D eigenvalue weighted by atomic mass is 10.1. The lowest BCUT2D eigenvalue weighted by molar-refractivity contribution is -0.154. The zero-order chi connectivity index (χ0) is 19.5. The molecule has 1 saturated heterocycles. The van der Waals surface area contributed by atoms with Crippen LogP contribution in [0, 0.1) is 0 Å². The van der Waals surface area contributed by atoms with Crippen LogP contribution in [0.5, 0.6) is 0 Å². The van der Waals surface area contributed by atoms with Crippen LogP contribution in [0.4, 0.5) is 17.6 Å². The minimum atomic E-state index is -5.91. The van der Waals surface area contributed by atoms with Gasteiger partial charge in [0.1, 0.15) is 6.10 Å². The Balaban J connectivity index is 2.04. The van der Waals surface area contributed by atoms with Crippen LogP contribution in [0.2, 0.25) is 0 Å². The predicted molar refractivity (Wildman–Crippen MR) is 77.1 cm³/mol. The third-order valence-electron chi connectivity index (χ3n) is 3.40. The van der Waals surface area contributed by atoms with Gasteiger partial charge >= 0.3 is 21.6 Å². The Kier molecular flexibility index (Phi) is 6.21. The van der Waals surface area contributed by atoms with Crippen molar-refractivity contribution < 1.29 is 49.2 Å². The summed E-state index contributed by atoms with van der Waals surface area (Å²) >= 11 is 0. The molecule has 1 heterocycles. The largest absolute Gasteiger partial charge is 0.523 e. The number of carbonyl (C=O) groups excluding carboxylic acids is 1. The molecule has 0 saturated carbocycles. The highest BCUT2D eigenvalue weighted by atomic mass is 32.2. The summed E-state index contributed by atoms with van der Waals surface area (Å²) in [7, 11) is -4.82. The fourth-order valence-electron chi connectivity index (χ4n) is 2.12. The molecule has 0 spiro atoms. The van der Waals surface area contributed by atoms with Crippen molar-refractivity contribution in [2.45, 2.75) is 30.2 Å². The molecule has 2 rings (SSSR count). The van der Waals surface area contributed by atoms with Gasteiger partial charge in [-0.2, -0.15) is 21.6 Å². The molecule has 1 aromatic carbocycles. The summed E-state index contributed by atoms with van der Waals surface area (Å²) in [5, 5.41) is 0. The monoisotopic (exact) mass is 402 g/mol. The van der Waals surface area contributed by atoms with Crippen LogP contribution < -0.4 is 0 Å². The van der Waals surface area contributed by atoms with Crippen LogP contribution >= 0.6 is 0 Å². The van der Waals surface area contributed by atoms with Crippen LogP contribution in [0.15, 0.2) is 30.3 Å². The lowest BCUT2D eigenvalue weighted by Crippen LogP contribution is -2.37. The number of alkyl halides is 4. The molecule has 1 aliphatic rings. The van der Waals surface area contributed by atoms with Crippen molar-refractivity contribution in [2.24, 2.45) is 0 Å². The number of halogens is 4. The van der Waals surface area contributed by atoms with Crippen molar-refractivity contribution in [3.05, 3.63) is 35.9 Å². The zero-order valence-corrected chi connectivity index (χ0v) is 14.0. The average Bonchev–Trinajstić information content (AvgIpc) is 2.88. The Morgan fingerprint density at radius 3 is 2.38 bits per heavy atom. The topological polar surface area (TPSA) is 88.1 Å². The first kappa shape index (κ1) is 20.6. The Labute approximate surface area is 145 Å². The van der Waals surface area contributed by atoms with Gasteiger partial charge in [0.15, 0.2) is 18.6 Å². The summed E-state index contributed by atoms with van der Waals surface area (Å²) in [6.07, 6.45) is -6.98. The summed E-state index contributed by atoms with van der Waals surface area (Å²) in [4.78, 5) is 12.0. The number of hydrogen-bond donors (Lipinski definition) is 0. The van der Waals surface area contributed by atoms with Crippen molar-refractivity contribution in [1.82, 2.24) is 0 Å². The molecule has 7 nitrogen and oxygen atoms in total. The van der Waals surface area contributed by atoms with Gasteiger partial charge in [-0.25, -0.2) is 9.18 Å². The van der Waals surface area contributed by atoms with Crippen LogP contribution in [-0.4, -0.2) is 58.3 Å². The summed E-state index contributed by atoms with van der Waals surface area (Å²) in [5.41, 5.74) is -5.55. The van der Waals surface area contributed by atoms with Crippen molar-refractivity contribution >= 4 is 16.1 Å². The summed E-state index contributed by atoms with van der Waals surface area (Å²) < 4.78 is 91.3. The van der Waals surface area contributed by atoms with Gasteiger partial charge in [0.25, 0.3) is 0 Å². The second kappa shape index (κ2) is 7.86. The van der Waals surface area contributed by atoms with Gasteiger partial charge in [-0.05, 0) is 12.1 Å². The Morgan fingerprint density at radius 1 is 1.23 bits per heavy atom. The Bertz CT molecular complexity index is 723. The van der Waals surface area contributed by atoms with Crippen molar-refractivity contribution in [1.29, 1.82) is 0 Å². The normalized spacial score (nSPS) is 26.7. The van der Waals surface area contributed by atoms with Crippen molar-refractivity contribution in [3.63, 3.8) is 0 Å². The van der Waals surface area contributed by atoms with E-state index in [0.29, 0.717) is 0 Å². The van der Waals surface area contributed by atoms with Gasteiger partial charge in [-0.3, -0.25) is 4.18 Å². The first-order valence-corrected chi connectivity index (χ1v) is 8.51. The zero-order valence-electron chi connectivity index (χ0n) is 13.2. The Morgan fingerprint density at radius 2 is 1.85 bits per heavy atom. The average molecular weight is 402 g/mol. The van der Waals surface area contributed by atoms with E-state index in [4.69, 9.17) is 14.2 Å². The fraction of sp³-hybridized carbons (Fsp3) is 0.500. The van der Waals surface area contributed by atoms with Crippen LogP contribution in [0.3, 0.4) is 0 Å². The minimum absolute atomic E-state index is 0.105. The molecule has 0 radical (unpaired) electrons. The second-order valence-electron chi connectivity index (χ2n) is 5.14. The van der Waals surface area contributed by atoms with E-state index in [1.165, 1.54) is 12.1 Å². The number of hydrogen-bond acceptors (Lipinski definition) is 7. The standard InChI is InChI=1S/C14H14F4O7S/c1-22-13-11(25-12(19)8-5-3-2-4-6-8)10(15)9(24-13)7-23-26(20,21)14(16,17)18/h2-6,9-11,13H,7H2,1H3. The first-order valence-electron chi connectivity index (χ1n) is 7.11. The molecule has 1 aromatic rings. The second-order valence-corrected chi connectivity index (χ2v) is 6.75. The minimum Gasteiger partial charge on any atom is -0.450 e. The summed E-state index contributed by atoms with van der Waals surface area (Å²) in [5.74, 6) is -0.909. The maximum absolute atomic E-state index is 14.4. The molecule has 26 heavy (non-hydrogen) atoms. The molecule has 1 aliphatic heterocycles. The van der Waals surface area contributed by atoms with Crippen molar-refractivity contribution in [3.8, 4) is 0 Å². The van der Waals surface area contributed by atoms with Crippen LogP contribution in [-0.2, 0) is 28.5 Å². The van der Waals surface area contributed by atoms with Gasteiger partial charge in [0.2, 0.25) is 0 Å². The maximum Gasteiger partial charge on any atom is 0.523 e. The van der Waals surface area contributed by atoms with E-state index in [-0.39, 0.29) is 5.56 Å². The number of benzene rings is 1. The molecular formula is C14H14F4O7S. The molecule has 0 aliphatic carbocycles. The van der Waals surface area contributed by atoms with E-state index >= 15 is 0 Å². The van der Waals surface area contributed by atoms with E-state index in [1.54, 1.807) is 18.2 Å². The number of ether oxygens (including phenoxy) is 3. The lowest BCUT2D eigenvalue weighted by Gasteiger charge is -2.18. The van der Waals surface area contributed by atoms with E-state index in [1.807, 2.05) is 0 Å². The van der Waals surface area contributed by atoms with E-state index in [2.05, 4.69) is 4.18 Å². The van der Waals surface area contributed by atoms with Gasteiger partial charge in [0, 0.05) is 7.11 Å². The smallest absolute Gasteiger partial charge is 0.450 e. The SMILES string of the molecule is COC1OC(COS(=O)(=O)C(F)(F)F)C(F)C1OC(=O)c1ccccc1. The van der Waals surface area contributed by atoms with Gasteiger partial charge in [0.05, 0.1) is 12.2 Å². The van der Waals surface area contributed by atoms with Crippen molar-refractivity contribution in [2.75, 3.05) is 13.7 Å². The van der Waals surface area contributed by atoms with Crippen LogP contribution in [0.1, 0.15) is 10.4 Å². The molecular weight excluding hydrogens is 388 g/mol. The van der Waals surface area contributed by atoms with Gasteiger partial charge in [-0.15, -0.1) is 0 Å². The highest BCUT2D eigenvalue weighted by Gasteiger charge is 2.52. The molecule has 0 N–H and O–H groups in total. The van der Waals surface area contributed by atoms with Crippen LogP contribution in [0.25, 0.3) is 0 Å². The highest BCUT2D eigenvalue weighted by Crippen LogP contribution is 2.30. The molecule has 1 fully saturated rings. The third-order valence-corrected chi connectivity index (χ3v) is 4.42. The molecule has 0 amide bonds. The molecule has 4 atom stereocenters. The first-order chi connectivity index (χ1) is 12.1. The van der Waals surface area contributed by atoms with Gasteiger partial charge in [-0.1, -0.05) is 18.2 Å². The number of rotatable bonds is 6. The molecule has 12 heteroatoms. The number of esters is 1. The maximum atomic E-state index is 14.4. The molecule has 4 unspecified atom stereocenters. The van der Waals surface area contributed by atoms with E-state index < -0.39 is 52.9 Å². The van der Waals surface area contributed by atoms with E-state index in [9.17, 15) is 30.8 Å². The third kappa shape index (κ3) is 4.50. The number of carbonyl (C=O) groups is 1. The molecule has 0 bridgehead atoms. The number of methoxy groups -OCH3 is 1.